The second kappa shape index (κ2) is 6.15. The number of likely N-dealkylation sites (N-methyl/N-ethyl adjacent to an activating group) is 1. The second-order valence-electron chi connectivity index (χ2n) is 5.41. The molecule has 0 spiro atoms. The fourth-order valence-electron chi connectivity index (χ4n) is 2.61. The summed E-state index contributed by atoms with van der Waals surface area (Å²) >= 11 is 0. The molecule has 4 heteroatoms. The van der Waals surface area contributed by atoms with E-state index < -0.39 is 0 Å². The molecular weight excluding hydrogens is 243 g/mol. The minimum atomic E-state index is -0.229. The number of hydrogen-bond acceptors (Lipinski definition) is 2. The molecule has 1 aliphatic rings. The van der Waals surface area contributed by atoms with E-state index in [1.54, 1.807) is 17.0 Å². The van der Waals surface area contributed by atoms with Crippen LogP contribution in [0.5, 0.6) is 0 Å². The van der Waals surface area contributed by atoms with Gasteiger partial charge in [-0.05, 0) is 43.4 Å². The number of benzene rings is 1. The van der Waals surface area contributed by atoms with Crippen LogP contribution in [0.25, 0.3) is 0 Å². The molecular formula is C15H21FN2O. The molecule has 0 aliphatic heterocycles. The number of hydrogen-bond donors (Lipinski definition) is 1. The van der Waals surface area contributed by atoms with Crippen LogP contribution in [0.4, 0.5) is 4.39 Å². The quantitative estimate of drug-likeness (QED) is 0.903. The lowest BCUT2D eigenvalue weighted by Crippen LogP contribution is -2.34. The lowest BCUT2D eigenvalue weighted by molar-refractivity contribution is -0.134. The molecule has 104 valence electrons. The number of halogens is 1. The molecule has 1 amide bonds. The summed E-state index contributed by atoms with van der Waals surface area (Å²) in [7, 11) is 1.83. The number of amides is 1. The molecule has 0 aromatic heterocycles. The molecule has 3 nitrogen and oxygen atoms in total. The molecule has 0 heterocycles. The van der Waals surface area contributed by atoms with E-state index in [1.165, 1.54) is 12.1 Å². The predicted molar refractivity (Wildman–Crippen MR) is 73.1 cm³/mol. The Labute approximate surface area is 113 Å². The summed E-state index contributed by atoms with van der Waals surface area (Å²) in [5.41, 5.74) is 6.88. The Morgan fingerprint density at radius 3 is 2.63 bits per heavy atom. The standard InChI is InChI=1S/C15H21FN2O/c1-18(15(19)12-4-7-14(17)10-12)9-8-11-2-5-13(16)6-3-11/h2-3,5-6,12,14H,4,7-10,17H2,1H3/t12-,14-/m1/s1. The predicted octanol–water partition coefficient (Wildman–Crippen LogP) is 1.95. The Morgan fingerprint density at radius 2 is 2.05 bits per heavy atom. The zero-order chi connectivity index (χ0) is 13.8. The summed E-state index contributed by atoms with van der Waals surface area (Å²) in [5, 5.41) is 0. The Hall–Kier alpha value is -1.42. The second-order valence-corrected chi connectivity index (χ2v) is 5.41. The zero-order valence-corrected chi connectivity index (χ0v) is 11.3. The zero-order valence-electron chi connectivity index (χ0n) is 11.3. The van der Waals surface area contributed by atoms with Crippen LogP contribution in [-0.4, -0.2) is 30.4 Å². The first-order chi connectivity index (χ1) is 9.06. The summed E-state index contributed by atoms with van der Waals surface area (Å²) < 4.78 is 12.8. The minimum absolute atomic E-state index is 0.0909. The SMILES string of the molecule is CN(CCc1ccc(F)cc1)C(=O)[C@@H]1CC[C@@H](N)C1. The normalized spacial score (nSPS) is 22.5. The molecule has 1 aromatic carbocycles. The van der Waals surface area contributed by atoms with E-state index in [4.69, 9.17) is 5.73 Å². The van der Waals surface area contributed by atoms with E-state index in [0.717, 1.165) is 31.2 Å². The third-order valence-electron chi connectivity index (χ3n) is 3.85. The number of carbonyl (C=O) groups is 1. The van der Waals surface area contributed by atoms with Crippen molar-refractivity contribution in [1.29, 1.82) is 0 Å². The van der Waals surface area contributed by atoms with Crippen molar-refractivity contribution in [1.82, 2.24) is 4.90 Å². The summed E-state index contributed by atoms with van der Waals surface area (Å²) in [6.45, 7) is 0.663. The Kier molecular flexibility index (Phi) is 4.53. The molecule has 1 fully saturated rings. The average Bonchev–Trinajstić information content (AvgIpc) is 2.83. The average molecular weight is 264 g/mol. The third-order valence-corrected chi connectivity index (χ3v) is 3.85. The fraction of sp³-hybridized carbons (Fsp3) is 0.533. The van der Waals surface area contributed by atoms with Gasteiger partial charge in [0.1, 0.15) is 5.82 Å². The maximum absolute atomic E-state index is 12.8. The van der Waals surface area contributed by atoms with Gasteiger partial charge in [0.15, 0.2) is 0 Å². The molecule has 0 radical (unpaired) electrons. The highest BCUT2D eigenvalue weighted by atomic mass is 19.1. The van der Waals surface area contributed by atoms with Crippen molar-refractivity contribution in [2.75, 3.05) is 13.6 Å². The Bertz CT molecular complexity index is 432. The van der Waals surface area contributed by atoms with Crippen molar-refractivity contribution in [3.05, 3.63) is 35.6 Å². The van der Waals surface area contributed by atoms with E-state index >= 15 is 0 Å². The van der Waals surface area contributed by atoms with Gasteiger partial charge < -0.3 is 10.6 Å². The largest absolute Gasteiger partial charge is 0.345 e. The summed E-state index contributed by atoms with van der Waals surface area (Å²) in [6, 6.07) is 6.61. The maximum atomic E-state index is 12.8. The van der Waals surface area contributed by atoms with E-state index in [1.807, 2.05) is 7.05 Å². The van der Waals surface area contributed by atoms with Gasteiger partial charge in [-0.15, -0.1) is 0 Å². The lowest BCUT2D eigenvalue weighted by Gasteiger charge is -2.21. The number of nitrogens with two attached hydrogens (primary N) is 1. The van der Waals surface area contributed by atoms with Crippen LogP contribution in [0.15, 0.2) is 24.3 Å². The van der Waals surface area contributed by atoms with Gasteiger partial charge in [-0.1, -0.05) is 12.1 Å². The van der Waals surface area contributed by atoms with E-state index in [0.29, 0.717) is 6.54 Å². The molecule has 19 heavy (non-hydrogen) atoms. The smallest absolute Gasteiger partial charge is 0.225 e. The van der Waals surface area contributed by atoms with Crippen LogP contribution in [0, 0.1) is 11.7 Å². The molecule has 1 aromatic rings. The van der Waals surface area contributed by atoms with Crippen molar-refractivity contribution in [3.63, 3.8) is 0 Å². The topological polar surface area (TPSA) is 46.3 Å². The molecule has 2 N–H and O–H groups in total. The molecule has 0 bridgehead atoms. The molecule has 1 aliphatic carbocycles. The first-order valence-corrected chi connectivity index (χ1v) is 6.81. The Balaban J connectivity index is 1.82. The van der Waals surface area contributed by atoms with Crippen LogP contribution in [0.1, 0.15) is 24.8 Å². The van der Waals surface area contributed by atoms with Gasteiger partial charge in [0.2, 0.25) is 5.91 Å². The van der Waals surface area contributed by atoms with Crippen LogP contribution in [0.3, 0.4) is 0 Å². The summed E-state index contributed by atoms with van der Waals surface area (Å²) in [6.07, 6.45) is 3.41. The highest BCUT2D eigenvalue weighted by Gasteiger charge is 2.29. The van der Waals surface area contributed by atoms with Crippen molar-refractivity contribution in [2.45, 2.75) is 31.7 Å². The Morgan fingerprint density at radius 1 is 1.37 bits per heavy atom. The number of nitrogens with zero attached hydrogens (tertiary/aromatic N) is 1. The van der Waals surface area contributed by atoms with Gasteiger partial charge in [-0.3, -0.25) is 4.79 Å². The summed E-state index contributed by atoms with van der Waals surface area (Å²) in [4.78, 5) is 13.9. The number of carbonyl (C=O) groups excluding carboxylic acids is 1. The number of rotatable bonds is 4. The first-order valence-electron chi connectivity index (χ1n) is 6.81. The highest BCUT2D eigenvalue weighted by molar-refractivity contribution is 5.79. The van der Waals surface area contributed by atoms with Crippen LogP contribution in [-0.2, 0) is 11.2 Å². The van der Waals surface area contributed by atoms with Gasteiger partial charge in [0.05, 0.1) is 0 Å². The third kappa shape index (κ3) is 3.77. The maximum Gasteiger partial charge on any atom is 0.225 e. The van der Waals surface area contributed by atoms with E-state index in [2.05, 4.69) is 0 Å². The molecule has 1 saturated carbocycles. The molecule has 0 saturated heterocycles. The molecule has 2 rings (SSSR count). The van der Waals surface area contributed by atoms with Gasteiger partial charge in [-0.25, -0.2) is 4.39 Å². The monoisotopic (exact) mass is 264 g/mol. The van der Waals surface area contributed by atoms with Crippen LogP contribution >= 0.6 is 0 Å². The van der Waals surface area contributed by atoms with Crippen molar-refractivity contribution < 1.29 is 9.18 Å². The lowest BCUT2D eigenvalue weighted by atomic mass is 10.1. The van der Waals surface area contributed by atoms with Gasteiger partial charge in [-0.2, -0.15) is 0 Å². The van der Waals surface area contributed by atoms with Gasteiger partial charge >= 0.3 is 0 Å². The van der Waals surface area contributed by atoms with Gasteiger partial charge in [0, 0.05) is 25.6 Å². The highest BCUT2D eigenvalue weighted by Crippen LogP contribution is 2.25. The van der Waals surface area contributed by atoms with Crippen LogP contribution in [0.2, 0.25) is 0 Å². The minimum Gasteiger partial charge on any atom is -0.345 e. The van der Waals surface area contributed by atoms with E-state index in [-0.39, 0.29) is 23.7 Å². The molecule has 0 unspecified atom stereocenters. The van der Waals surface area contributed by atoms with Crippen LogP contribution < -0.4 is 5.73 Å². The van der Waals surface area contributed by atoms with Gasteiger partial charge in [0.25, 0.3) is 0 Å². The first kappa shape index (κ1) is 14.0. The van der Waals surface area contributed by atoms with Crippen molar-refractivity contribution in [3.8, 4) is 0 Å². The van der Waals surface area contributed by atoms with E-state index in [9.17, 15) is 9.18 Å². The fourth-order valence-corrected chi connectivity index (χ4v) is 2.61. The summed E-state index contributed by atoms with van der Waals surface area (Å²) in [5.74, 6) is 0.0522. The molecule has 2 atom stereocenters. The van der Waals surface area contributed by atoms with Crippen molar-refractivity contribution >= 4 is 5.91 Å². The van der Waals surface area contributed by atoms with Crippen molar-refractivity contribution in [2.24, 2.45) is 11.7 Å².